The van der Waals surface area contributed by atoms with Crippen molar-refractivity contribution in [2.45, 2.75) is 19.6 Å². The van der Waals surface area contributed by atoms with Gasteiger partial charge in [-0.2, -0.15) is 0 Å². The zero-order valence-corrected chi connectivity index (χ0v) is 13.4. The minimum absolute atomic E-state index is 0. The van der Waals surface area contributed by atoms with Gasteiger partial charge in [-0.05, 0) is 25.5 Å². The van der Waals surface area contributed by atoms with Gasteiger partial charge in [-0.25, -0.2) is 23.4 Å². The zero-order chi connectivity index (χ0) is 15.3. The third-order valence-corrected chi connectivity index (χ3v) is 2.67. The van der Waals surface area contributed by atoms with Crippen LogP contribution in [0.4, 0.5) is 0 Å². The SMILES string of the molecule is CC1(C)OC(=O)C(C=C2C=CC=C2)=C([O-])O1.[CH]1[CH][CH-]C=C1.[Fe+2]. The van der Waals surface area contributed by atoms with Crippen LogP contribution in [0, 0.1) is 19.3 Å². The first-order valence-electron chi connectivity index (χ1n) is 6.55. The van der Waals surface area contributed by atoms with Crippen molar-refractivity contribution in [3.8, 4) is 0 Å². The average Bonchev–Trinajstić information content (AvgIpc) is 3.08. The van der Waals surface area contributed by atoms with Crippen molar-refractivity contribution in [3.63, 3.8) is 0 Å². The molecule has 0 saturated heterocycles. The Morgan fingerprint density at radius 2 is 1.86 bits per heavy atom. The molecule has 0 bridgehead atoms. The molecule has 5 heteroatoms. The van der Waals surface area contributed by atoms with Crippen LogP contribution in [0.15, 0.2) is 59.6 Å². The summed E-state index contributed by atoms with van der Waals surface area (Å²) in [6.45, 7) is 3.03. The molecule has 0 unspecified atom stereocenters. The van der Waals surface area contributed by atoms with Crippen LogP contribution < -0.4 is 5.11 Å². The summed E-state index contributed by atoms with van der Waals surface area (Å²) in [5.41, 5.74) is 0.689. The molecular formula is C17H16FeO4. The molecule has 0 N–H and O–H groups in total. The van der Waals surface area contributed by atoms with Crippen molar-refractivity contribution in [2.24, 2.45) is 0 Å². The van der Waals surface area contributed by atoms with Crippen LogP contribution in [-0.4, -0.2) is 11.8 Å². The van der Waals surface area contributed by atoms with Gasteiger partial charge in [0.1, 0.15) is 0 Å². The van der Waals surface area contributed by atoms with Crippen molar-refractivity contribution in [3.05, 3.63) is 78.9 Å². The van der Waals surface area contributed by atoms with Gasteiger partial charge in [0.2, 0.25) is 0 Å². The van der Waals surface area contributed by atoms with Gasteiger partial charge in [-0.15, -0.1) is 12.8 Å². The molecule has 4 nitrogen and oxygen atoms in total. The van der Waals surface area contributed by atoms with Crippen molar-refractivity contribution in [2.75, 3.05) is 0 Å². The molecule has 3 aliphatic rings. The summed E-state index contributed by atoms with van der Waals surface area (Å²) in [5.74, 6) is -2.48. The number of rotatable bonds is 1. The number of hydrogen-bond donors (Lipinski definition) is 0. The molecule has 0 spiro atoms. The first kappa shape index (κ1) is 18.2. The number of ether oxygens (including phenoxy) is 2. The van der Waals surface area contributed by atoms with E-state index in [2.05, 4.69) is 0 Å². The van der Waals surface area contributed by atoms with Crippen LogP contribution in [0.25, 0.3) is 0 Å². The minimum atomic E-state index is -1.18. The van der Waals surface area contributed by atoms with Gasteiger partial charge < -0.3 is 14.6 Å². The van der Waals surface area contributed by atoms with Crippen LogP contribution in [0.2, 0.25) is 0 Å². The van der Waals surface area contributed by atoms with E-state index in [0.29, 0.717) is 0 Å². The first-order chi connectivity index (χ1) is 9.98. The summed E-state index contributed by atoms with van der Waals surface area (Å²) in [7, 11) is 0. The third kappa shape index (κ3) is 5.17. The molecule has 0 aromatic rings. The fraction of sp³-hybridized carbons (Fsp3) is 0.176. The van der Waals surface area contributed by atoms with Gasteiger partial charge in [0, 0.05) is 0 Å². The fourth-order valence-electron chi connectivity index (χ4n) is 1.75. The summed E-state index contributed by atoms with van der Waals surface area (Å²) >= 11 is 0. The molecule has 2 aliphatic carbocycles. The maximum Gasteiger partial charge on any atom is 2.00 e. The second-order valence-electron chi connectivity index (χ2n) is 4.92. The summed E-state index contributed by atoms with van der Waals surface area (Å²) in [4.78, 5) is 11.6. The monoisotopic (exact) mass is 340 g/mol. The van der Waals surface area contributed by atoms with Gasteiger partial charge in [-0.1, -0.05) is 24.3 Å². The quantitative estimate of drug-likeness (QED) is 0.417. The summed E-state index contributed by atoms with van der Waals surface area (Å²) in [5, 5.41) is 11.6. The first-order valence-corrected chi connectivity index (χ1v) is 6.55. The van der Waals surface area contributed by atoms with Crippen LogP contribution in [-0.2, 0) is 31.3 Å². The second kappa shape index (κ2) is 7.97. The van der Waals surface area contributed by atoms with Gasteiger partial charge in [0.25, 0.3) is 0 Å². The number of cyclic esters (lactones) is 1. The predicted octanol–water partition coefficient (Wildman–Crippen LogP) is 2.09. The Kier molecular flexibility index (Phi) is 6.59. The standard InChI is InChI=1S/C12H12O4.C5H5.Fe/c1-12(2)15-10(13)9(11(14)16-12)7-8-5-3-4-6-8;1-2-4-5-3-1;/h3-7,13H,1-2H3;1-5H;/q;-1;+2/p-1. The number of carbonyl (C=O) groups excluding carboxylic acids is 1. The largest absolute Gasteiger partial charge is 2.00 e. The Labute approximate surface area is 141 Å². The number of carbonyl (C=O) groups is 1. The molecule has 1 aliphatic heterocycles. The fourth-order valence-corrected chi connectivity index (χ4v) is 1.75. The minimum Gasteiger partial charge on any atom is -0.575 e. The van der Waals surface area contributed by atoms with Crippen LogP contribution >= 0.6 is 0 Å². The normalized spacial score (nSPS) is 20.5. The topological polar surface area (TPSA) is 58.6 Å². The molecule has 2 radical (unpaired) electrons. The van der Waals surface area contributed by atoms with Crippen LogP contribution in [0.5, 0.6) is 0 Å². The Balaban J connectivity index is 0.000000344. The molecule has 0 saturated carbocycles. The molecule has 0 atom stereocenters. The van der Waals surface area contributed by atoms with Crippen LogP contribution in [0.3, 0.4) is 0 Å². The summed E-state index contributed by atoms with van der Waals surface area (Å²) < 4.78 is 9.91. The summed E-state index contributed by atoms with van der Waals surface area (Å²) in [6, 6.07) is 0. The van der Waals surface area contributed by atoms with E-state index in [1.54, 1.807) is 12.2 Å². The Hall–Kier alpha value is -1.84. The van der Waals surface area contributed by atoms with E-state index in [1.807, 2.05) is 43.6 Å². The number of hydrogen-bond acceptors (Lipinski definition) is 4. The molecule has 1 heterocycles. The zero-order valence-electron chi connectivity index (χ0n) is 12.3. The smallest absolute Gasteiger partial charge is 0.575 e. The number of allylic oxidation sites excluding steroid dienone is 7. The predicted molar refractivity (Wildman–Crippen MR) is 76.7 cm³/mol. The van der Waals surface area contributed by atoms with E-state index in [4.69, 9.17) is 9.47 Å². The van der Waals surface area contributed by atoms with Crippen molar-refractivity contribution < 1.29 is 36.4 Å². The van der Waals surface area contributed by atoms with Crippen molar-refractivity contribution >= 4 is 5.97 Å². The van der Waals surface area contributed by atoms with E-state index in [9.17, 15) is 9.90 Å². The maximum atomic E-state index is 11.6. The second-order valence-corrected chi connectivity index (χ2v) is 4.92. The molecule has 3 rings (SSSR count). The van der Waals surface area contributed by atoms with Gasteiger partial charge >= 0.3 is 23.0 Å². The maximum absolute atomic E-state index is 11.6. The average molecular weight is 340 g/mol. The van der Waals surface area contributed by atoms with E-state index in [0.717, 1.165) is 5.57 Å². The number of esters is 1. The van der Waals surface area contributed by atoms with Crippen LogP contribution in [0.1, 0.15) is 13.8 Å². The van der Waals surface area contributed by atoms with E-state index >= 15 is 0 Å². The molecule has 0 fully saturated rings. The molecule has 0 aromatic heterocycles. The van der Waals surface area contributed by atoms with E-state index < -0.39 is 17.7 Å². The van der Waals surface area contributed by atoms with Crippen molar-refractivity contribution in [1.82, 2.24) is 0 Å². The molecular weight excluding hydrogens is 324 g/mol. The van der Waals surface area contributed by atoms with Gasteiger partial charge in [0.05, 0.1) is 11.5 Å². The molecule has 116 valence electrons. The Bertz CT molecular complexity index is 545. The van der Waals surface area contributed by atoms with E-state index in [1.165, 1.54) is 19.9 Å². The molecule has 0 aromatic carbocycles. The Morgan fingerprint density at radius 3 is 2.32 bits per heavy atom. The molecule has 0 amide bonds. The third-order valence-electron chi connectivity index (χ3n) is 2.67. The van der Waals surface area contributed by atoms with Crippen molar-refractivity contribution in [1.29, 1.82) is 0 Å². The molecule has 22 heavy (non-hydrogen) atoms. The van der Waals surface area contributed by atoms with Gasteiger partial charge in [-0.3, -0.25) is 0 Å². The van der Waals surface area contributed by atoms with E-state index in [-0.39, 0.29) is 22.6 Å². The summed E-state index contributed by atoms with van der Waals surface area (Å²) in [6.07, 6.45) is 18.7. The Morgan fingerprint density at radius 1 is 1.18 bits per heavy atom. The van der Waals surface area contributed by atoms with Gasteiger partial charge in [0.15, 0.2) is 5.79 Å².